The molecule has 0 bridgehead atoms. The first kappa shape index (κ1) is 9.86. The largest absolute Gasteiger partial charge is 0.399 e. The molecule has 0 aromatic heterocycles. The van der Waals surface area contributed by atoms with E-state index in [1.807, 2.05) is 32.0 Å². The lowest BCUT2D eigenvalue weighted by Gasteiger charge is -2.14. The maximum Gasteiger partial charge on any atom is 0.0630 e. The Bertz CT molecular complexity index is 286. The highest BCUT2D eigenvalue weighted by Gasteiger charge is 2.02. The third-order valence-corrected chi connectivity index (χ3v) is 1.93. The van der Waals surface area contributed by atoms with Gasteiger partial charge in [-0.2, -0.15) is 0 Å². The maximum absolute atomic E-state index is 8.85. The van der Waals surface area contributed by atoms with Crippen LogP contribution in [-0.2, 0) is 0 Å². The van der Waals surface area contributed by atoms with Crippen LogP contribution in [-0.4, -0.2) is 17.8 Å². The number of nitrogen functional groups attached to an aromatic ring is 1. The Kier molecular flexibility index (Phi) is 3.14. The zero-order valence-electron chi connectivity index (χ0n) is 8.04. The Labute approximate surface area is 78.6 Å². The van der Waals surface area contributed by atoms with Crippen molar-refractivity contribution >= 4 is 11.4 Å². The van der Waals surface area contributed by atoms with Gasteiger partial charge in [0.05, 0.1) is 6.61 Å². The molecule has 1 aromatic carbocycles. The van der Waals surface area contributed by atoms with Gasteiger partial charge in [-0.3, -0.25) is 0 Å². The molecule has 3 nitrogen and oxygen atoms in total. The number of benzene rings is 1. The predicted molar refractivity (Wildman–Crippen MR) is 55.8 cm³/mol. The Morgan fingerprint density at radius 1 is 1.54 bits per heavy atom. The Balaban J connectivity index is 2.77. The second kappa shape index (κ2) is 4.14. The van der Waals surface area contributed by atoms with Crippen LogP contribution in [0.25, 0.3) is 0 Å². The number of nitrogens with two attached hydrogens (primary N) is 1. The molecule has 13 heavy (non-hydrogen) atoms. The quantitative estimate of drug-likeness (QED) is 0.616. The topological polar surface area (TPSA) is 58.3 Å². The fourth-order valence-electron chi connectivity index (χ4n) is 1.16. The third-order valence-electron chi connectivity index (χ3n) is 1.93. The van der Waals surface area contributed by atoms with Gasteiger partial charge < -0.3 is 16.2 Å². The SMILES string of the molecule is Cc1cc(N)ccc1NC(C)CO. The van der Waals surface area contributed by atoms with Gasteiger partial charge in [0.15, 0.2) is 0 Å². The average Bonchev–Trinajstić information content (AvgIpc) is 2.09. The second-order valence-electron chi connectivity index (χ2n) is 3.30. The van der Waals surface area contributed by atoms with Gasteiger partial charge in [0.25, 0.3) is 0 Å². The van der Waals surface area contributed by atoms with Crippen LogP contribution in [0.5, 0.6) is 0 Å². The van der Waals surface area contributed by atoms with Gasteiger partial charge in [0.2, 0.25) is 0 Å². The lowest BCUT2D eigenvalue weighted by molar-refractivity contribution is 0.281. The summed E-state index contributed by atoms with van der Waals surface area (Å²) >= 11 is 0. The summed E-state index contributed by atoms with van der Waals surface area (Å²) in [7, 11) is 0. The van der Waals surface area contributed by atoms with E-state index in [2.05, 4.69) is 5.32 Å². The van der Waals surface area contributed by atoms with Crippen molar-refractivity contribution in [1.29, 1.82) is 0 Å². The van der Waals surface area contributed by atoms with Crippen LogP contribution >= 0.6 is 0 Å². The summed E-state index contributed by atoms with van der Waals surface area (Å²) < 4.78 is 0. The van der Waals surface area contributed by atoms with E-state index in [1.165, 1.54) is 0 Å². The minimum atomic E-state index is 0.0716. The molecule has 0 aliphatic rings. The summed E-state index contributed by atoms with van der Waals surface area (Å²) in [6.45, 7) is 4.04. The van der Waals surface area contributed by atoms with Crippen LogP contribution < -0.4 is 11.1 Å². The van der Waals surface area contributed by atoms with E-state index in [4.69, 9.17) is 10.8 Å². The first-order chi connectivity index (χ1) is 6.13. The molecule has 72 valence electrons. The second-order valence-corrected chi connectivity index (χ2v) is 3.30. The average molecular weight is 180 g/mol. The molecule has 0 spiro atoms. The molecule has 0 heterocycles. The molecule has 3 heteroatoms. The summed E-state index contributed by atoms with van der Waals surface area (Å²) in [5, 5.41) is 12.0. The van der Waals surface area contributed by atoms with Gasteiger partial charge in [0, 0.05) is 17.4 Å². The molecule has 1 rings (SSSR count). The zero-order valence-corrected chi connectivity index (χ0v) is 8.04. The van der Waals surface area contributed by atoms with Crippen molar-refractivity contribution in [3.8, 4) is 0 Å². The van der Waals surface area contributed by atoms with Gasteiger partial charge in [-0.05, 0) is 37.6 Å². The molecular weight excluding hydrogens is 164 g/mol. The maximum atomic E-state index is 8.85. The molecule has 0 fully saturated rings. The fourth-order valence-corrected chi connectivity index (χ4v) is 1.16. The molecule has 0 aliphatic heterocycles. The van der Waals surface area contributed by atoms with Crippen molar-refractivity contribution < 1.29 is 5.11 Å². The van der Waals surface area contributed by atoms with Gasteiger partial charge in [0.1, 0.15) is 0 Å². The molecule has 0 amide bonds. The Morgan fingerprint density at radius 2 is 2.23 bits per heavy atom. The summed E-state index contributed by atoms with van der Waals surface area (Å²) in [5.41, 5.74) is 8.50. The number of anilines is 2. The number of hydrogen-bond donors (Lipinski definition) is 3. The van der Waals surface area contributed by atoms with Gasteiger partial charge in [-0.25, -0.2) is 0 Å². The molecule has 0 saturated carbocycles. The minimum Gasteiger partial charge on any atom is -0.399 e. The van der Waals surface area contributed by atoms with Gasteiger partial charge in [-0.15, -0.1) is 0 Å². The van der Waals surface area contributed by atoms with E-state index in [0.717, 1.165) is 16.9 Å². The number of aryl methyl sites for hydroxylation is 1. The minimum absolute atomic E-state index is 0.0716. The van der Waals surface area contributed by atoms with Crippen LogP contribution in [0.15, 0.2) is 18.2 Å². The van der Waals surface area contributed by atoms with Crippen LogP contribution in [0.3, 0.4) is 0 Å². The predicted octanol–water partition coefficient (Wildman–Crippen LogP) is 1.37. The number of nitrogens with one attached hydrogen (secondary N) is 1. The van der Waals surface area contributed by atoms with Crippen LogP contribution in [0.2, 0.25) is 0 Å². The molecule has 1 unspecified atom stereocenters. The summed E-state index contributed by atoms with van der Waals surface area (Å²) in [5.74, 6) is 0. The van der Waals surface area contributed by atoms with Crippen molar-refractivity contribution in [3.05, 3.63) is 23.8 Å². The smallest absolute Gasteiger partial charge is 0.0630 e. The monoisotopic (exact) mass is 180 g/mol. The standard InChI is InChI=1S/C10H16N2O/c1-7-5-9(11)3-4-10(7)12-8(2)6-13/h3-5,8,12-13H,6,11H2,1-2H3. The van der Waals surface area contributed by atoms with Crippen LogP contribution in [0, 0.1) is 6.92 Å². The molecule has 0 radical (unpaired) electrons. The summed E-state index contributed by atoms with van der Waals surface area (Å²) in [6, 6.07) is 5.75. The molecule has 0 saturated heterocycles. The highest BCUT2D eigenvalue weighted by atomic mass is 16.3. The number of hydrogen-bond acceptors (Lipinski definition) is 3. The van der Waals surface area contributed by atoms with Crippen LogP contribution in [0.1, 0.15) is 12.5 Å². The van der Waals surface area contributed by atoms with E-state index in [1.54, 1.807) is 0 Å². The Morgan fingerprint density at radius 3 is 2.77 bits per heavy atom. The fraction of sp³-hybridized carbons (Fsp3) is 0.400. The molecule has 1 aromatic rings. The van der Waals surface area contributed by atoms with E-state index in [0.29, 0.717) is 0 Å². The van der Waals surface area contributed by atoms with Gasteiger partial charge in [-0.1, -0.05) is 0 Å². The molecular formula is C10H16N2O. The van der Waals surface area contributed by atoms with E-state index < -0.39 is 0 Å². The van der Waals surface area contributed by atoms with Crippen molar-refractivity contribution in [2.45, 2.75) is 19.9 Å². The summed E-state index contributed by atoms with van der Waals surface area (Å²) in [6.07, 6.45) is 0. The van der Waals surface area contributed by atoms with Crippen LogP contribution in [0.4, 0.5) is 11.4 Å². The molecule has 0 aliphatic carbocycles. The highest BCUT2D eigenvalue weighted by Crippen LogP contribution is 2.18. The van der Waals surface area contributed by atoms with E-state index in [9.17, 15) is 0 Å². The van der Waals surface area contributed by atoms with Crippen molar-refractivity contribution in [2.75, 3.05) is 17.7 Å². The normalized spacial score (nSPS) is 12.5. The summed E-state index contributed by atoms with van der Waals surface area (Å²) in [4.78, 5) is 0. The van der Waals surface area contributed by atoms with Gasteiger partial charge >= 0.3 is 0 Å². The third kappa shape index (κ3) is 2.63. The lowest BCUT2D eigenvalue weighted by atomic mass is 10.1. The van der Waals surface area contributed by atoms with Crippen molar-refractivity contribution in [1.82, 2.24) is 0 Å². The van der Waals surface area contributed by atoms with E-state index >= 15 is 0 Å². The first-order valence-electron chi connectivity index (χ1n) is 4.37. The first-order valence-corrected chi connectivity index (χ1v) is 4.37. The number of rotatable bonds is 3. The highest BCUT2D eigenvalue weighted by molar-refractivity contribution is 5.57. The molecule has 1 atom stereocenters. The zero-order chi connectivity index (χ0) is 9.84. The Hall–Kier alpha value is -1.22. The lowest BCUT2D eigenvalue weighted by Crippen LogP contribution is -2.19. The van der Waals surface area contributed by atoms with Crippen molar-refractivity contribution in [3.63, 3.8) is 0 Å². The van der Waals surface area contributed by atoms with E-state index in [-0.39, 0.29) is 12.6 Å². The number of aliphatic hydroxyl groups excluding tert-OH is 1. The molecule has 4 N–H and O–H groups in total. The number of aliphatic hydroxyl groups is 1. The van der Waals surface area contributed by atoms with Crippen molar-refractivity contribution in [2.24, 2.45) is 0 Å².